The summed E-state index contributed by atoms with van der Waals surface area (Å²) in [5, 5.41) is 21.6. The van der Waals surface area contributed by atoms with Gasteiger partial charge in [0.2, 0.25) is 0 Å². The summed E-state index contributed by atoms with van der Waals surface area (Å²) in [5.74, 6) is -2.69. The number of halogens is 2. The lowest BCUT2D eigenvalue weighted by molar-refractivity contribution is -0.132. The van der Waals surface area contributed by atoms with E-state index in [0.717, 1.165) is 12.8 Å². The number of hydrogen-bond acceptors (Lipinski definition) is 6. The average Bonchev–Trinajstić information content (AvgIpc) is 3.52. The zero-order valence-electron chi connectivity index (χ0n) is 15.3. The number of benzene rings is 1. The molecular weight excluding hydrogens is 370 g/mol. The molecule has 2 aliphatic heterocycles. The molecule has 4 rings (SSSR count). The first-order valence-electron chi connectivity index (χ1n) is 9.38. The summed E-state index contributed by atoms with van der Waals surface area (Å²) >= 11 is 0. The van der Waals surface area contributed by atoms with Gasteiger partial charge in [0.25, 0.3) is 0 Å². The van der Waals surface area contributed by atoms with Crippen LogP contribution < -0.4 is 15.5 Å². The molecule has 0 aromatic heterocycles. The van der Waals surface area contributed by atoms with E-state index >= 15 is 8.78 Å². The highest BCUT2D eigenvalue weighted by Crippen LogP contribution is 2.46. The normalized spacial score (nSPS) is 21.4. The standard InChI is InChI=1S/C19H22F2N4O3/c20-14-16(22)13-8-10(19(26)27)9-25(12-3-4-12)17(13)15(21)18(14)24-6-1-2-11(23-28)5-7-24/h9,12,28H,1-8,22H2,(H,26,27)/b23-11+. The highest BCUT2D eigenvalue weighted by Gasteiger charge is 2.38. The predicted molar refractivity (Wildman–Crippen MR) is 101 cm³/mol. The maximum atomic E-state index is 15.6. The lowest BCUT2D eigenvalue weighted by atomic mass is 9.95. The highest BCUT2D eigenvalue weighted by atomic mass is 19.1. The molecule has 0 bridgehead atoms. The first-order chi connectivity index (χ1) is 13.4. The van der Waals surface area contributed by atoms with Crippen molar-refractivity contribution in [3.05, 3.63) is 29.0 Å². The van der Waals surface area contributed by atoms with E-state index in [1.807, 2.05) is 0 Å². The van der Waals surface area contributed by atoms with Gasteiger partial charge in [-0.1, -0.05) is 5.16 Å². The zero-order chi connectivity index (χ0) is 20.0. The van der Waals surface area contributed by atoms with Crippen LogP contribution in [0.4, 0.5) is 25.8 Å². The van der Waals surface area contributed by atoms with Crippen LogP contribution in [0.5, 0.6) is 0 Å². The average molecular weight is 392 g/mol. The van der Waals surface area contributed by atoms with Gasteiger partial charge in [-0.2, -0.15) is 0 Å². The number of nitrogen functional groups attached to an aromatic ring is 1. The second-order valence-corrected chi connectivity index (χ2v) is 7.50. The van der Waals surface area contributed by atoms with Crippen LogP contribution in [-0.2, 0) is 11.2 Å². The number of rotatable bonds is 3. The largest absolute Gasteiger partial charge is 0.478 e. The van der Waals surface area contributed by atoms with Crippen molar-refractivity contribution >= 4 is 28.7 Å². The molecule has 9 heteroatoms. The number of nitrogens with two attached hydrogens (primary N) is 1. The third-order valence-electron chi connectivity index (χ3n) is 5.63. The lowest BCUT2D eigenvalue weighted by Gasteiger charge is -2.33. The Balaban J connectivity index is 1.81. The molecule has 3 aliphatic rings. The smallest absolute Gasteiger partial charge is 0.333 e. The molecule has 0 amide bonds. The molecule has 1 saturated heterocycles. The Morgan fingerprint density at radius 2 is 1.93 bits per heavy atom. The highest BCUT2D eigenvalue weighted by molar-refractivity contribution is 5.92. The van der Waals surface area contributed by atoms with Gasteiger partial charge in [-0.05, 0) is 25.7 Å². The van der Waals surface area contributed by atoms with Gasteiger partial charge in [0.05, 0.1) is 22.7 Å². The molecule has 0 unspecified atom stereocenters. The third-order valence-corrected chi connectivity index (χ3v) is 5.63. The monoisotopic (exact) mass is 392 g/mol. The second kappa shape index (κ2) is 6.96. The first-order valence-corrected chi connectivity index (χ1v) is 9.38. The molecule has 1 aromatic carbocycles. The van der Waals surface area contributed by atoms with Gasteiger partial charge in [-0.25, -0.2) is 13.6 Å². The zero-order valence-corrected chi connectivity index (χ0v) is 15.3. The van der Waals surface area contributed by atoms with Crippen molar-refractivity contribution in [1.29, 1.82) is 0 Å². The van der Waals surface area contributed by atoms with Crippen molar-refractivity contribution in [3.63, 3.8) is 0 Å². The summed E-state index contributed by atoms with van der Waals surface area (Å²) in [7, 11) is 0. The maximum Gasteiger partial charge on any atom is 0.333 e. The summed E-state index contributed by atoms with van der Waals surface area (Å²) in [6, 6.07) is -0.00197. The fraction of sp³-hybridized carbons (Fsp3) is 0.474. The second-order valence-electron chi connectivity index (χ2n) is 7.50. The summed E-state index contributed by atoms with van der Waals surface area (Å²) < 4.78 is 30.8. The Bertz CT molecular complexity index is 896. The molecular formula is C19H22F2N4O3. The molecule has 0 radical (unpaired) electrons. The van der Waals surface area contributed by atoms with Crippen LogP contribution in [0.15, 0.2) is 16.9 Å². The molecule has 1 aliphatic carbocycles. The molecule has 1 aromatic rings. The van der Waals surface area contributed by atoms with Crippen LogP contribution in [0.2, 0.25) is 0 Å². The maximum absolute atomic E-state index is 15.6. The summed E-state index contributed by atoms with van der Waals surface area (Å²) in [5.41, 5.74) is 6.69. The Morgan fingerprint density at radius 3 is 2.57 bits per heavy atom. The first kappa shape index (κ1) is 18.5. The van der Waals surface area contributed by atoms with Gasteiger partial charge < -0.3 is 25.8 Å². The summed E-state index contributed by atoms with van der Waals surface area (Å²) in [6.07, 6.45) is 4.53. The number of fused-ring (bicyclic) bond motifs is 1. The number of carboxylic acids is 1. The molecule has 28 heavy (non-hydrogen) atoms. The van der Waals surface area contributed by atoms with Crippen LogP contribution in [0.3, 0.4) is 0 Å². The van der Waals surface area contributed by atoms with Crippen molar-refractivity contribution in [1.82, 2.24) is 0 Å². The minimum atomic E-state index is -1.12. The molecule has 2 heterocycles. The number of carbonyl (C=O) groups is 1. The molecule has 7 nitrogen and oxygen atoms in total. The topological polar surface area (TPSA) is 102 Å². The van der Waals surface area contributed by atoms with Crippen molar-refractivity contribution < 1.29 is 23.9 Å². The van der Waals surface area contributed by atoms with E-state index in [2.05, 4.69) is 5.16 Å². The SMILES string of the molecule is Nc1c(F)c(N2CCC/C(=N\O)CC2)c(F)c2c1CC(C(=O)O)=CN2C1CC1. The van der Waals surface area contributed by atoms with Crippen LogP contribution in [-0.4, -0.2) is 41.1 Å². The van der Waals surface area contributed by atoms with Crippen molar-refractivity contribution in [2.45, 2.75) is 44.6 Å². The van der Waals surface area contributed by atoms with E-state index in [4.69, 9.17) is 10.9 Å². The molecule has 1 saturated carbocycles. The number of hydrogen-bond donors (Lipinski definition) is 3. The van der Waals surface area contributed by atoms with E-state index < -0.39 is 17.6 Å². The van der Waals surface area contributed by atoms with Crippen molar-refractivity contribution in [2.24, 2.45) is 5.16 Å². The predicted octanol–water partition coefficient (Wildman–Crippen LogP) is 2.86. The van der Waals surface area contributed by atoms with E-state index in [9.17, 15) is 9.90 Å². The molecule has 0 spiro atoms. The van der Waals surface area contributed by atoms with Crippen LogP contribution in [0.25, 0.3) is 0 Å². The molecule has 150 valence electrons. The Hall–Kier alpha value is -2.84. The Labute approximate surface area is 160 Å². The molecule has 4 N–H and O–H groups in total. The Kier molecular flexibility index (Phi) is 4.60. The van der Waals surface area contributed by atoms with E-state index in [1.165, 1.54) is 6.20 Å². The third kappa shape index (κ3) is 3.04. The lowest BCUT2D eigenvalue weighted by Crippen LogP contribution is -2.32. The molecule has 2 fully saturated rings. The van der Waals surface area contributed by atoms with Gasteiger partial charge in [0.15, 0.2) is 11.6 Å². The summed E-state index contributed by atoms with van der Waals surface area (Å²) in [6.45, 7) is 0.718. The number of aliphatic carboxylic acids is 1. The van der Waals surface area contributed by atoms with Crippen molar-refractivity contribution in [2.75, 3.05) is 28.6 Å². The number of nitrogens with zero attached hydrogens (tertiary/aromatic N) is 3. The van der Waals surface area contributed by atoms with Gasteiger partial charge in [0, 0.05) is 43.7 Å². The number of anilines is 3. The van der Waals surface area contributed by atoms with Gasteiger partial charge >= 0.3 is 5.97 Å². The minimum Gasteiger partial charge on any atom is -0.478 e. The van der Waals surface area contributed by atoms with Crippen LogP contribution in [0, 0.1) is 11.6 Å². The minimum absolute atomic E-state index is 0.00197. The van der Waals surface area contributed by atoms with E-state index in [1.54, 1.807) is 9.80 Å². The fourth-order valence-electron chi connectivity index (χ4n) is 3.99. The van der Waals surface area contributed by atoms with Crippen LogP contribution >= 0.6 is 0 Å². The van der Waals surface area contributed by atoms with Gasteiger partial charge in [-0.15, -0.1) is 0 Å². The summed E-state index contributed by atoms with van der Waals surface area (Å²) in [4.78, 5) is 14.7. The quantitative estimate of drug-likeness (QED) is 0.415. The molecule has 0 atom stereocenters. The van der Waals surface area contributed by atoms with Crippen molar-refractivity contribution in [3.8, 4) is 0 Å². The fourth-order valence-corrected chi connectivity index (χ4v) is 3.99. The Morgan fingerprint density at radius 1 is 1.18 bits per heavy atom. The number of carboxylic acid groups (broad SMARTS) is 1. The van der Waals surface area contributed by atoms with Gasteiger partial charge in [-0.3, -0.25) is 0 Å². The van der Waals surface area contributed by atoms with E-state index in [-0.39, 0.29) is 40.7 Å². The van der Waals surface area contributed by atoms with Gasteiger partial charge in [0.1, 0.15) is 5.69 Å². The number of oxime groups is 1. The van der Waals surface area contributed by atoms with Crippen LogP contribution in [0.1, 0.15) is 37.7 Å². The van der Waals surface area contributed by atoms with E-state index in [0.29, 0.717) is 38.1 Å².